The zero-order chi connectivity index (χ0) is 9.47. The highest BCUT2D eigenvalue weighted by atomic mass is 16.6. The molecule has 0 atom stereocenters. The van der Waals surface area contributed by atoms with Gasteiger partial charge in [-0.2, -0.15) is 0 Å². The molecular weight excluding hydrogens is 170 g/mol. The van der Waals surface area contributed by atoms with Gasteiger partial charge in [-0.25, -0.2) is 4.79 Å². The summed E-state index contributed by atoms with van der Waals surface area (Å²) in [5.74, 6) is 0.323. The maximum absolute atomic E-state index is 11.2. The molecule has 0 aromatic carbocycles. The van der Waals surface area contributed by atoms with Crippen LogP contribution in [0.3, 0.4) is 0 Å². The standard InChI is InChI=1S/C9H13NO3/c1-2-13-8(12)10-5-9(6-10)3-7(11)4-9/h2-6H2,1H3. The van der Waals surface area contributed by atoms with E-state index in [4.69, 9.17) is 4.74 Å². The smallest absolute Gasteiger partial charge is 0.409 e. The van der Waals surface area contributed by atoms with E-state index >= 15 is 0 Å². The van der Waals surface area contributed by atoms with Crippen LogP contribution >= 0.6 is 0 Å². The van der Waals surface area contributed by atoms with Crippen molar-refractivity contribution in [2.45, 2.75) is 19.8 Å². The Balaban J connectivity index is 1.78. The number of ether oxygens (including phenoxy) is 1. The molecule has 1 aliphatic carbocycles. The second kappa shape index (κ2) is 2.72. The third-order valence-corrected chi connectivity index (χ3v) is 2.72. The second-order valence-electron chi connectivity index (χ2n) is 3.95. The number of nitrogens with zero attached hydrogens (tertiary/aromatic N) is 1. The quantitative estimate of drug-likeness (QED) is 0.604. The maximum atomic E-state index is 11.2. The summed E-state index contributed by atoms with van der Waals surface area (Å²) in [5, 5.41) is 0. The van der Waals surface area contributed by atoms with Gasteiger partial charge in [-0.1, -0.05) is 0 Å². The van der Waals surface area contributed by atoms with Crippen LogP contribution in [0.25, 0.3) is 0 Å². The van der Waals surface area contributed by atoms with Crippen LogP contribution in [-0.4, -0.2) is 36.5 Å². The lowest BCUT2D eigenvalue weighted by Crippen LogP contribution is -2.64. The molecule has 0 aromatic heterocycles. The second-order valence-corrected chi connectivity index (χ2v) is 3.95. The summed E-state index contributed by atoms with van der Waals surface area (Å²) < 4.78 is 4.84. The van der Waals surface area contributed by atoms with E-state index < -0.39 is 0 Å². The first-order valence-corrected chi connectivity index (χ1v) is 4.59. The molecule has 1 saturated heterocycles. The summed E-state index contributed by atoms with van der Waals surface area (Å²) in [6.07, 6.45) is 1.07. The van der Waals surface area contributed by atoms with Crippen molar-refractivity contribution in [1.29, 1.82) is 0 Å². The maximum Gasteiger partial charge on any atom is 0.409 e. The van der Waals surface area contributed by atoms with Crippen LogP contribution in [0.1, 0.15) is 19.8 Å². The van der Waals surface area contributed by atoms with Gasteiger partial charge in [0.15, 0.2) is 0 Å². The zero-order valence-corrected chi connectivity index (χ0v) is 7.71. The lowest BCUT2D eigenvalue weighted by Gasteiger charge is -2.53. The van der Waals surface area contributed by atoms with Gasteiger partial charge in [0.2, 0.25) is 0 Å². The molecule has 1 amide bonds. The van der Waals surface area contributed by atoms with Crippen LogP contribution < -0.4 is 0 Å². The largest absolute Gasteiger partial charge is 0.450 e. The topological polar surface area (TPSA) is 46.6 Å². The van der Waals surface area contributed by atoms with E-state index in [1.807, 2.05) is 0 Å². The minimum Gasteiger partial charge on any atom is -0.450 e. The van der Waals surface area contributed by atoms with Crippen molar-refractivity contribution in [2.75, 3.05) is 19.7 Å². The fraction of sp³-hybridized carbons (Fsp3) is 0.778. The number of hydrogen-bond donors (Lipinski definition) is 0. The van der Waals surface area contributed by atoms with Crippen molar-refractivity contribution in [3.8, 4) is 0 Å². The van der Waals surface area contributed by atoms with Crippen LogP contribution in [0, 0.1) is 5.41 Å². The van der Waals surface area contributed by atoms with E-state index in [0.717, 1.165) is 0 Å². The summed E-state index contributed by atoms with van der Waals surface area (Å²) in [4.78, 5) is 23.6. The van der Waals surface area contributed by atoms with Crippen molar-refractivity contribution in [2.24, 2.45) is 5.41 Å². The van der Waals surface area contributed by atoms with Crippen molar-refractivity contribution in [3.05, 3.63) is 0 Å². The molecule has 2 aliphatic rings. The predicted molar refractivity (Wildman–Crippen MR) is 45.3 cm³/mol. The predicted octanol–water partition coefficient (Wildman–Crippen LogP) is 0.808. The third-order valence-electron chi connectivity index (χ3n) is 2.72. The monoisotopic (exact) mass is 183 g/mol. The van der Waals surface area contributed by atoms with Crippen LogP contribution in [0.2, 0.25) is 0 Å². The van der Waals surface area contributed by atoms with Gasteiger partial charge < -0.3 is 9.64 Å². The van der Waals surface area contributed by atoms with E-state index in [-0.39, 0.29) is 11.5 Å². The molecule has 1 saturated carbocycles. The summed E-state index contributed by atoms with van der Waals surface area (Å²) in [6.45, 7) is 3.62. The highest BCUT2D eigenvalue weighted by Crippen LogP contribution is 2.45. The number of carbonyl (C=O) groups is 2. The lowest BCUT2D eigenvalue weighted by atomic mass is 9.63. The Labute approximate surface area is 76.8 Å². The van der Waals surface area contributed by atoms with Crippen molar-refractivity contribution in [1.82, 2.24) is 4.90 Å². The molecule has 1 aliphatic heterocycles. The number of Topliss-reactive ketones (excluding diaryl/α,β-unsaturated/α-hetero) is 1. The number of ketones is 1. The summed E-state index contributed by atoms with van der Waals surface area (Å²) >= 11 is 0. The Morgan fingerprint density at radius 1 is 1.54 bits per heavy atom. The summed E-state index contributed by atoms with van der Waals surface area (Å²) in [6, 6.07) is 0. The van der Waals surface area contributed by atoms with Gasteiger partial charge in [0.05, 0.1) is 6.61 Å². The van der Waals surface area contributed by atoms with Crippen molar-refractivity contribution < 1.29 is 14.3 Å². The molecule has 4 heteroatoms. The van der Waals surface area contributed by atoms with Crippen molar-refractivity contribution in [3.63, 3.8) is 0 Å². The van der Waals surface area contributed by atoms with Crippen LogP contribution in [0.5, 0.6) is 0 Å². The summed E-state index contributed by atoms with van der Waals surface area (Å²) in [7, 11) is 0. The Hall–Kier alpha value is -1.06. The Kier molecular flexibility index (Phi) is 1.78. The lowest BCUT2D eigenvalue weighted by molar-refractivity contribution is -0.143. The summed E-state index contributed by atoms with van der Waals surface area (Å²) in [5.41, 5.74) is 0.143. The number of likely N-dealkylation sites (tertiary alicyclic amines) is 1. The van der Waals surface area contributed by atoms with Gasteiger partial charge in [-0.3, -0.25) is 4.79 Å². The number of hydrogen-bond acceptors (Lipinski definition) is 3. The van der Waals surface area contributed by atoms with E-state index in [9.17, 15) is 9.59 Å². The number of amides is 1. The Morgan fingerprint density at radius 3 is 2.62 bits per heavy atom. The number of rotatable bonds is 1. The van der Waals surface area contributed by atoms with Crippen LogP contribution in [0.4, 0.5) is 4.79 Å². The normalized spacial score (nSPS) is 23.8. The third kappa shape index (κ3) is 1.30. The Bertz CT molecular complexity index is 246. The van der Waals surface area contributed by atoms with Crippen LogP contribution in [0.15, 0.2) is 0 Å². The van der Waals surface area contributed by atoms with Gasteiger partial charge in [0.1, 0.15) is 5.78 Å². The first kappa shape index (κ1) is 8.53. The molecule has 1 heterocycles. The first-order valence-electron chi connectivity index (χ1n) is 4.59. The van der Waals surface area contributed by atoms with Gasteiger partial charge in [0, 0.05) is 31.3 Å². The molecule has 13 heavy (non-hydrogen) atoms. The molecular formula is C9H13NO3. The molecule has 4 nitrogen and oxygen atoms in total. The van der Waals surface area contributed by atoms with E-state index in [2.05, 4.69) is 0 Å². The van der Waals surface area contributed by atoms with E-state index in [1.54, 1.807) is 11.8 Å². The molecule has 2 rings (SSSR count). The highest BCUT2D eigenvalue weighted by Gasteiger charge is 2.53. The van der Waals surface area contributed by atoms with Gasteiger partial charge in [0.25, 0.3) is 0 Å². The van der Waals surface area contributed by atoms with Crippen molar-refractivity contribution >= 4 is 11.9 Å². The molecule has 0 N–H and O–H groups in total. The van der Waals surface area contributed by atoms with E-state index in [1.165, 1.54) is 0 Å². The van der Waals surface area contributed by atoms with E-state index in [0.29, 0.717) is 38.3 Å². The fourth-order valence-electron chi connectivity index (χ4n) is 2.12. The fourth-order valence-corrected chi connectivity index (χ4v) is 2.12. The minimum atomic E-state index is -0.243. The Morgan fingerprint density at radius 2 is 2.15 bits per heavy atom. The first-order chi connectivity index (χ1) is 6.15. The zero-order valence-electron chi connectivity index (χ0n) is 7.71. The molecule has 0 unspecified atom stereocenters. The SMILES string of the molecule is CCOC(=O)N1CC2(CC(=O)C2)C1. The molecule has 1 spiro atoms. The molecule has 0 bridgehead atoms. The average Bonchev–Trinajstić information content (AvgIpc) is 1.94. The van der Waals surface area contributed by atoms with Crippen LogP contribution in [-0.2, 0) is 9.53 Å². The average molecular weight is 183 g/mol. The molecule has 0 aromatic rings. The number of carbonyl (C=O) groups excluding carboxylic acids is 2. The molecule has 2 fully saturated rings. The van der Waals surface area contributed by atoms with Gasteiger partial charge in [-0.05, 0) is 6.92 Å². The van der Waals surface area contributed by atoms with Gasteiger partial charge in [-0.15, -0.1) is 0 Å². The molecule has 72 valence electrons. The van der Waals surface area contributed by atoms with Gasteiger partial charge >= 0.3 is 6.09 Å². The highest BCUT2D eigenvalue weighted by molar-refractivity contribution is 5.87. The minimum absolute atomic E-state index is 0.143. The molecule has 0 radical (unpaired) electrons.